The van der Waals surface area contributed by atoms with E-state index >= 15 is 0 Å². The normalized spacial score (nSPS) is 11.0. The minimum Gasteiger partial charge on any atom is -0.481 e. The SMILES string of the molecule is CNC(=O)c1cccc(NC(=O)C(C)Oc2ccc(C#N)cc2)c1. The highest BCUT2D eigenvalue weighted by Crippen LogP contribution is 2.15. The van der Waals surface area contributed by atoms with Gasteiger partial charge in [0.1, 0.15) is 5.75 Å². The van der Waals surface area contributed by atoms with Gasteiger partial charge in [-0.25, -0.2) is 0 Å². The van der Waals surface area contributed by atoms with Crippen LogP contribution in [0, 0.1) is 11.3 Å². The molecule has 2 aromatic carbocycles. The van der Waals surface area contributed by atoms with Crippen LogP contribution in [-0.4, -0.2) is 25.0 Å². The van der Waals surface area contributed by atoms with Crippen molar-refractivity contribution in [2.45, 2.75) is 13.0 Å². The summed E-state index contributed by atoms with van der Waals surface area (Å²) in [6.45, 7) is 1.62. The Hall–Kier alpha value is -3.33. The first kappa shape index (κ1) is 17.0. The Morgan fingerprint density at radius 3 is 2.50 bits per heavy atom. The van der Waals surface area contributed by atoms with E-state index in [9.17, 15) is 9.59 Å². The summed E-state index contributed by atoms with van der Waals surface area (Å²) in [4.78, 5) is 23.8. The molecule has 2 N–H and O–H groups in total. The van der Waals surface area contributed by atoms with Crippen LogP contribution in [0.2, 0.25) is 0 Å². The lowest BCUT2D eigenvalue weighted by molar-refractivity contribution is -0.122. The van der Waals surface area contributed by atoms with E-state index in [-0.39, 0.29) is 11.8 Å². The molecular weight excluding hydrogens is 306 g/mol. The lowest BCUT2D eigenvalue weighted by Crippen LogP contribution is -2.30. The van der Waals surface area contributed by atoms with Crippen LogP contribution >= 0.6 is 0 Å². The number of anilines is 1. The van der Waals surface area contributed by atoms with Crippen LogP contribution in [0.3, 0.4) is 0 Å². The fraction of sp³-hybridized carbons (Fsp3) is 0.167. The van der Waals surface area contributed by atoms with Gasteiger partial charge in [0.05, 0.1) is 11.6 Å². The average Bonchev–Trinajstić information content (AvgIpc) is 2.61. The van der Waals surface area contributed by atoms with Crippen molar-refractivity contribution in [3.63, 3.8) is 0 Å². The van der Waals surface area contributed by atoms with Crippen molar-refractivity contribution in [2.24, 2.45) is 0 Å². The zero-order chi connectivity index (χ0) is 17.5. The summed E-state index contributed by atoms with van der Waals surface area (Å²) >= 11 is 0. The zero-order valence-electron chi connectivity index (χ0n) is 13.4. The fourth-order valence-electron chi connectivity index (χ4n) is 1.99. The van der Waals surface area contributed by atoms with Gasteiger partial charge in [-0.1, -0.05) is 6.07 Å². The van der Waals surface area contributed by atoms with Gasteiger partial charge in [0, 0.05) is 18.3 Å². The lowest BCUT2D eigenvalue weighted by atomic mass is 10.2. The molecule has 0 radical (unpaired) electrons. The van der Waals surface area contributed by atoms with Crippen LogP contribution < -0.4 is 15.4 Å². The van der Waals surface area contributed by atoms with Gasteiger partial charge >= 0.3 is 0 Å². The Morgan fingerprint density at radius 2 is 1.88 bits per heavy atom. The molecule has 0 saturated carbocycles. The predicted octanol–water partition coefficient (Wildman–Crippen LogP) is 2.32. The highest BCUT2D eigenvalue weighted by atomic mass is 16.5. The Labute approximate surface area is 140 Å². The Bertz CT molecular complexity index is 779. The molecule has 0 aliphatic heterocycles. The third-order valence-corrected chi connectivity index (χ3v) is 3.28. The second-order valence-electron chi connectivity index (χ2n) is 5.05. The van der Waals surface area contributed by atoms with Crippen LogP contribution in [0.1, 0.15) is 22.8 Å². The Kier molecular flexibility index (Phi) is 5.53. The average molecular weight is 323 g/mol. The van der Waals surface area contributed by atoms with Crippen LogP contribution in [0.15, 0.2) is 48.5 Å². The maximum absolute atomic E-state index is 12.2. The molecule has 24 heavy (non-hydrogen) atoms. The van der Waals surface area contributed by atoms with Crippen LogP contribution in [0.5, 0.6) is 5.75 Å². The third kappa shape index (κ3) is 4.34. The van der Waals surface area contributed by atoms with Crippen molar-refractivity contribution in [3.8, 4) is 11.8 Å². The molecular formula is C18H17N3O3. The molecule has 0 saturated heterocycles. The van der Waals surface area contributed by atoms with E-state index in [2.05, 4.69) is 10.6 Å². The Balaban J connectivity index is 2.00. The number of carbonyl (C=O) groups excluding carboxylic acids is 2. The second-order valence-corrected chi connectivity index (χ2v) is 5.05. The van der Waals surface area contributed by atoms with Crippen molar-refractivity contribution in [3.05, 3.63) is 59.7 Å². The maximum Gasteiger partial charge on any atom is 0.265 e. The highest BCUT2D eigenvalue weighted by molar-refractivity contribution is 5.98. The summed E-state index contributed by atoms with van der Waals surface area (Å²) in [5, 5.41) is 14.0. The first-order valence-corrected chi connectivity index (χ1v) is 7.33. The summed E-state index contributed by atoms with van der Waals surface area (Å²) in [7, 11) is 1.54. The van der Waals surface area contributed by atoms with Gasteiger partial charge in [-0.3, -0.25) is 9.59 Å². The van der Waals surface area contributed by atoms with Crippen LogP contribution in [0.4, 0.5) is 5.69 Å². The van der Waals surface area contributed by atoms with E-state index in [4.69, 9.17) is 10.00 Å². The predicted molar refractivity (Wildman–Crippen MR) is 89.7 cm³/mol. The van der Waals surface area contributed by atoms with E-state index in [1.807, 2.05) is 6.07 Å². The molecule has 6 nitrogen and oxygen atoms in total. The number of nitriles is 1. The number of benzene rings is 2. The Morgan fingerprint density at radius 1 is 1.17 bits per heavy atom. The van der Waals surface area contributed by atoms with Gasteiger partial charge in [0.2, 0.25) is 0 Å². The number of rotatable bonds is 5. The first-order valence-electron chi connectivity index (χ1n) is 7.33. The molecule has 0 spiro atoms. The molecule has 0 heterocycles. The van der Waals surface area contributed by atoms with Crippen LogP contribution in [0.25, 0.3) is 0 Å². The van der Waals surface area contributed by atoms with E-state index < -0.39 is 6.10 Å². The number of carbonyl (C=O) groups is 2. The quantitative estimate of drug-likeness (QED) is 0.883. The molecule has 6 heteroatoms. The molecule has 2 rings (SSSR count). The van der Waals surface area contributed by atoms with Crippen LogP contribution in [-0.2, 0) is 4.79 Å². The van der Waals surface area contributed by atoms with E-state index in [1.165, 1.54) is 0 Å². The van der Waals surface area contributed by atoms with Crippen molar-refractivity contribution in [1.82, 2.24) is 5.32 Å². The number of hydrogen-bond acceptors (Lipinski definition) is 4. The smallest absolute Gasteiger partial charge is 0.265 e. The second kappa shape index (κ2) is 7.79. The first-order chi connectivity index (χ1) is 11.5. The molecule has 2 aromatic rings. The minimum absolute atomic E-state index is 0.229. The summed E-state index contributed by atoms with van der Waals surface area (Å²) in [6.07, 6.45) is -0.735. The van der Waals surface area contributed by atoms with E-state index in [1.54, 1.807) is 62.5 Å². The topological polar surface area (TPSA) is 91.2 Å². The van der Waals surface area contributed by atoms with E-state index in [0.29, 0.717) is 22.6 Å². The van der Waals surface area contributed by atoms with E-state index in [0.717, 1.165) is 0 Å². The van der Waals surface area contributed by atoms with Gasteiger partial charge < -0.3 is 15.4 Å². The molecule has 1 unspecified atom stereocenters. The van der Waals surface area contributed by atoms with Gasteiger partial charge in [-0.2, -0.15) is 5.26 Å². The van der Waals surface area contributed by atoms with Crippen molar-refractivity contribution < 1.29 is 14.3 Å². The molecule has 1 atom stereocenters. The number of hydrogen-bond donors (Lipinski definition) is 2. The van der Waals surface area contributed by atoms with Gasteiger partial charge in [-0.15, -0.1) is 0 Å². The number of nitrogens with zero attached hydrogens (tertiary/aromatic N) is 1. The molecule has 0 aromatic heterocycles. The number of ether oxygens (including phenoxy) is 1. The summed E-state index contributed by atoms with van der Waals surface area (Å²) in [5.74, 6) is -0.0721. The molecule has 0 aliphatic carbocycles. The fourth-order valence-corrected chi connectivity index (χ4v) is 1.99. The standard InChI is InChI=1S/C18H17N3O3/c1-12(24-16-8-6-13(11-19)7-9-16)17(22)21-15-5-3-4-14(10-15)18(23)20-2/h3-10,12H,1-2H3,(H,20,23)(H,21,22). The molecule has 0 bridgehead atoms. The molecule has 0 aliphatic rings. The number of amides is 2. The lowest BCUT2D eigenvalue weighted by Gasteiger charge is -2.15. The molecule has 0 fully saturated rings. The third-order valence-electron chi connectivity index (χ3n) is 3.28. The van der Waals surface area contributed by atoms with Gasteiger partial charge in [-0.05, 0) is 49.4 Å². The molecule has 2 amide bonds. The highest BCUT2D eigenvalue weighted by Gasteiger charge is 2.15. The van der Waals surface area contributed by atoms with Gasteiger partial charge in [0.25, 0.3) is 11.8 Å². The summed E-state index contributed by atoms with van der Waals surface area (Å²) in [5.41, 5.74) is 1.48. The van der Waals surface area contributed by atoms with Crippen molar-refractivity contribution in [2.75, 3.05) is 12.4 Å². The summed E-state index contributed by atoms with van der Waals surface area (Å²) in [6, 6.07) is 15.1. The van der Waals surface area contributed by atoms with Crippen molar-refractivity contribution in [1.29, 1.82) is 5.26 Å². The monoisotopic (exact) mass is 323 g/mol. The summed E-state index contributed by atoms with van der Waals surface area (Å²) < 4.78 is 5.55. The zero-order valence-corrected chi connectivity index (χ0v) is 13.4. The molecule has 122 valence electrons. The number of nitrogens with one attached hydrogen (secondary N) is 2. The minimum atomic E-state index is -0.735. The van der Waals surface area contributed by atoms with Crippen molar-refractivity contribution >= 4 is 17.5 Å². The largest absolute Gasteiger partial charge is 0.481 e. The maximum atomic E-state index is 12.2. The van der Waals surface area contributed by atoms with Gasteiger partial charge in [0.15, 0.2) is 6.10 Å².